The second-order valence-corrected chi connectivity index (χ2v) is 3.88. The topological polar surface area (TPSA) is 98.5 Å². The zero-order valence-corrected chi connectivity index (χ0v) is 11.2. The fraction of sp³-hybridized carbons (Fsp3) is 0.500. The highest BCUT2D eigenvalue weighted by molar-refractivity contribution is 5.99. The fourth-order valence-corrected chi connectivity index (χ4v) is 1.44. The molecule has 1 rings (SSSR count). The van der Waals surface area contributed by atoms with E-state index in [1.165, 1.54) is 6.20 Å². The summed E-state index contributed by atoms with van der Waals surface area (Å²) < 4.78 is 10.1. The van der Waals surface area contributed by atoms with E-state index < -0.39 is 0 Å². The number of amides is 1. The number of hydrazine groups is 1. The lowest BCUT2D eigenvalue weighted by atomic mass is 10.2. The van der Waals surface area contributed by atoms with Gasteiger partial charge in [0.15, 0.2) is 0 Å². The lowest BCUT2D eigenvalue weighted by molar-refractivity contribution is 0.0693. The van der Waals surface area contributed by atoms with Gasteiger partial charge >= 0.3 is 0 Å². The Balaban J connectivity index is 2.41. The minimum absolute atomic E-state index is 0.240. The maximum Gasteiger partial charge on any atom is 0.255 e. The molecule has 0 spiro atoms. The number of nitrogens with one attached hydrogen (secondary N) is 2. The number of carbonyl (C=O) groups excluding carboxylic acids is 1. The number of aryl methyl sites for hydroxylation is 1. The van der Waals surface area contributed by atoms with Crippen molar-refractivity contribution in [1.29, 1.82) is 0 Å². The summed E-state index contributed by atoms with van der Waals surface area (Å²) in [4.78, 5) is 16.0. The van der Waals surface area contributed by atoms with Gasteiger partial charge < -0.3 is 20.2 Å². The summed E-state index contributed by atoms with van der Waals surface area (Å²) in [5, 5.41) is 2.73. The Morgan fingerprint density at radius 3 is 2.89 bits per heavy atom. The van der Waals surface area contributed by atoms with E-state index in [1.807, 2.05) is 6.92 Å². The normalized spacial score (nSPS) is 10.3. The van der Waals surface area contributed by atoms with E-state index in [4.69, 9.17) is 15.3 Å². The average molecular weight is 268 g/mol. The van der Waals surface area contributed by atoms with Gasteiger partial charge in [-0.2, -0.15) is 0 Å². The van der Waals surface area contributed by atoms with Gasteiger partial charge in [0.25, 0.3) is 5.91 Å². The number of carbonyl (C=O) groups is 1. The Bertz CT molecular complexity index is 412. The van der Waals surface area contributed by atoms with Crippen molar-refractivity contribution in [2.45, 2.75) is 6.92 Å². The monoisotopic (exact) mass is 268 g/mol. The van der Waals surface area contributed by atoms with Crippen LogP contribution in [0.25, 0.3) is 0 Å². The van der Waals surface area contributed by atoms with E-state index in [0.717, 1.165) is 5.69 Å². The van der Waals surface area contributed by atoms with E-state index >= 15 is 0 Å². The first kappa shape index (κ1) is 15.4. The Morgan fingerprint density at radius 1 is 1.42 bits per heavy atom. The molecule has 1 aromatic heterocycles. The number of hydrogen-bond donors (Lipinski definition) is 3. The number of nitrogens with zero attached hydrogens (tertiary/aromatic N) is 1. The van der Waals surface area contributed by atoms with Crippen molar-refractivity contribution in [2.24, 2.45) is 5.84 Å². The largest absolute Gasteiger partial charge is 0.382 e. The van der Waals surface area contributed by atoms with Crippen molar-refractivity contribution in [3.8, 4) is 0 Å². The molecule has 7 nitrogen and oxygen atoms in total. The predicted molar refractivity (Wildman–Crippen MR) is 71.8 cm³/mol. The van der Waals surface area contributed by atoms with Crippen LogP contribution in [0.3, 0.4) is 0 Å². The number of hydrogen-bond acceptors (Lipinski definition) is 6. The van der Waals surface area contributed by atoms with Crippen LogP contribution in [0.5, 0.6) is 0 Å². The Kier molecular flexibility index (Phi) is 6.80. The maximum absolute atomic E-state index is 11.9. The van der Waals surface area contributed by atoms with E-state index in [1.54, 1.807) is 13.2 Å². The van der Waals surface area contributed by atoms with Gasteiger partial charge in [-0.05, 0) is 13.0 Å². The molecule has 1 heterocycles. The zero-order chi connectivity index (χ0) is 14.1. The summed E-state index contributed by atoms with van der Waals surface area (Å²) in [6.07, 6.45) is 1.49. The van der Waals surface area contributed by atoms with Gasteiger partial charge in [-0.15, -0.1) is 0 Å². The third-order valence-corrected chi connectivity index (χ3v) is 2.40. The minimum Gasteiger partial charge on any atom is -0.382 e. The van der Waals surface area contributed by atoms with Crippen LogP contribution in [-0.2, 0) is 9.47 Å². The first-order valence-corrected chi connectivity index (χ1v) is 5.97. The molecule has 7 heteroatoms. The number of anilines is 1. The summed E-state index contributed by atoms with van der Waals surface area (Å²) in [6, 6.07) is 1.71. The standard InChI is InChI=1S/C12H20N4O3/c1-9-7-11(16-13)10(8-15-9)12(17)14-3-4-19-6-5-18-2/h7-8H,3-6,13H2,1-2H3,(H,14,17)(H,15,16). The van der Waals surface area contributed by atoms with Crippen molar-refractivity contribution in [3.63, 3.8) is 0 Å². The molecule has 106 valence electrons. The number of rotatable bonds is 8. The number of methoxy groups -OCH3 is 1. The van der Waals surface area contributed by atoms with Gasteiger partial charge in [-0.3, -0.25) is 15.6 Å². The highest BCUT2D eigenvalue weighted by Gasteiger charge is 2.11. The first-order valence-electron chi connectivity index (χ1n) is 5.97. The molecule has 1 amide bonds. The third-order valence-electron chi connectivity index (χ3n) is 2.40. The molecular weight excluding hydrogens is 248 g/mol. The molecule has 19 heavy (non-hydrogen) atoms. The number of aromatic nitrogens is 1. The molecule has 0 aliphatic rings. The fourth-order valence-electron chi connectivity index (χ4n) is 1.44. The first-order chi connectivity index (χ1) is 9.19. The molecule has 0 radical (unpaired) electrons. The molecule has 0 saturated carbocycles. The van der Waals surface area contributed by atoms with Crippen molar-refractivity contribution in [3.05, 3.63) is 23.5 Å². The van der Waals surface area contributed by atoms with E-state index in [2.05, 4.69) is 15.7 Å². The highest BCUT2D eigenvalue weighted by atomic mass is 16.5. The number of nitrogens with two attached hydrogens (primary N) is 1. The number of ether oxygens (including phenoxy) is 2. The summed E-state index contributed by atoms with van der Waals surface area (Å²) in [5.74, 6) is 5.13. The Morgan fingerprint density at radius 2 is 2.21 bits per heavy atom. The molecule has 0 fully saturated rings. The Labute approximate surface area is 112 Å². The van der Waals surface area contributed by atoms with Crippen molar-refractivity contribution < 1.29 is 14.3 Å². The van der Waals surface area contributed by atoms with Crippen LogP contribution in [0.2, 0.25) is 0 Å². The van der Waals surface area contributed by atoms with Gasteiger partial charge in [-0.25, -0.2) is 0 Å². The summed E-state index contributed by atoms with van der Waals surface area (Å²) in [6.45, 7) is 3.72. The van der Waals surface area contributed by atoms with Crippen LogP contribution in [0, 0.1) is 6.92 Å². The lowest BCUT2D eigenvalue weighted by Crippen LogP contribution is -2.29. The molecular formula is C12H20N4O3. The SMILES string of the molecule is COCCOCCNC(=O)c1cnc(C)cc1NN. The van der Waals surface area contributed by atoms with Crippen LogP contribution in [-0.4, -0.2) is 44.4 Å². The molecule has 0 unspecified atom stereocenters. The van der Waals surface area contributed by atoms with E-state index in [0.29, 0.717) is 37.6 Å². The van der Waals surface area contributed by atoms with Crippen molar-refractivity contribution in [2.75, 3.05) is 38.9 Å². The van der Waals surface area contributed by atoms with E-state index in [9.17, 15) is 4.79 Å². The molecule has 0 aliphatic heterocycles. The van der Waals surface area contributed by atoms with Crippen LogP contribution in [0.4, 0.5) is 5.69 Å². The van der Waals surface area contributed by atoms with Gasteiger partial charge in [0.05, 0.1) is 31.1 Å². The average Bonchev–Trinajstić information content (AvgIpc) is 2.42. The molecule has 0 aliphatic carbocycles. The van der Waals surface area contributed by atoms with Crippen LogP contribution >= 0.6 is 0 Å². The lowest BCUT2D eigenvalue weighted by Gasteiger charge is -2.10. The molecule has 4 N–H and O–H groups in total. The Hall–Kier alpha value is -1.70. The molecule has 0 bridgehead atoms. The number of pyridine rings is 1. The van der Waals surface area contributed by atoms with Crippen LogP contribution in [0.1, 0.15) is 16.1 Å². The van der Waals surface area contributed by atoms with Gasteiger partial charge in [0.1, 0.15) is 0 Å². The van der Waals surface area contributed by atoms with Gasteiger partial charge in [0, 0.05) is 25.5 Å². The molecule has 0 aromatic carbocycles. The summed E-state index contributed by atoms with van der Waals surface area (Å²) in [5.41, 5.74) is 4.23. The highest BCUT2D eigenvalue weighted by Crippen LogP contribution is 2.13. The quantitative estimate of drug-likeness (QED) is 0.350. The zero-order valence-electron chi connectivity index (χ0n) is 11.2. The van der Waals surface area contributed by atoms with Gasteiger partial charge in [-0.1, -0.05) is 0 Å². The van der Waals surface area contributed by atoms with Crippen LogP contribution in [0.15, 0.2) is 12.3 Å². The minimum atomic E-state index is -0.240. The van der Waals surface area contributed by atoms with E-state index in [-0.39, 0.29) is 5.91 Å². The molecule has 0 saturated heterocycles. The maximum atomic E-state index is 11.9. The smallest absolute Gasteiger partial charge is 0.255 e. The van der Waals surface area contributed by atoms with Crippen molar-refractivity contribution in [1.82, 2.24) is 10.3 Å². The van der Waals surface area contributed by atoms with Crippen molar-refractivity contribution >= 4 is 11.6 Å². The third kappa shape index (κ3) is 5.21. The predicted octanol–water partition coefficient (Wildman–Crippen LogP) is 0.0684. The summed E-state index contributed by atoms with van der Waals surface area (Å²) in [7, 11) is 1.61. The second kappa shape index (κ2) is 8.41. The van der Waals surface area contributed by atoms with Crippen LogP contribution < -0.4 is 16.6 Å². The summed E-state index contributed by atoms with van der Waals surface area (Å²) >= 11 is 0. The number of nitrogen functional groups attached to an aromatic ring is 1. The van der Waals surface area contributed by atoms with Gasteiger partial charge in [0.2, 0.25) is 0 Å². The second-order valence-electron chi connectivity index (χ2n) is 3.88. The molecule has 1 aromatic rings. The molecule has 0 atom stereocenters.